The number of ether oxygens (including phenoxy) is 1. The lowest BCUT2D eigenvalue weighted by Crippen LogP contribution is -2.42. The summed E-state index contributed by atoms with van der Waals surface area (Å²) in [5.41, 5.74) is 0.871. The number of hydrogen-bond donors (Lipinski definition) is 1. The summed E-state index contributed by atoms with van der Waals surface area (Å²) in [6, 6.07) is 9.59. The van der Waals surface area contributed by atoms with Gasteiger partial charge in [0, 0.05) is 13.1 Å². The summed E-state index contributed by atoms with van der Waals surface area (Å²) < 4.78 is 5.35. The third-order valence-electron chi connectivity index (χ3n) is 5.26. The lowest BCUT2D eigenvalue weighted by molar-refractivity contribution is -0.144. The van der Waals surface area contributed by atoms with E-state index in [2.05, 4.69) is 0 Å². The van der Waals surface area contributed by atoms with Gasteiger partial charge in [0.15, 0.2) is 0 Å². The van der Waals surface area contributed by atoms with Gasteiger partial charge in [-0.25, -0.2) is 4.79 Å². The molecular weight excluding hydrogens is 282 g/mol. The van der Waals surface area contributed by atoms with Gasteiger partial charge in [0.25, 0.3) is 0 Å². The van der Waals surface area contributed by atoms with Gasteiger partial charge >= 0.3 is 12.1 Å². The summed E-state index contributed by atoms with van der Waals surface area (Å²) in [6.07, 6.45) is 1.36. The number of carboxylic acids is 1. The van der Waals surface area contributed by atoms with Crippen LogP contribution in [0.3, 0.4) is 0 Å². The molecule has 0 radical (unpaired) electrons. The minimum atomic E-state index is -0.734. The van der Waals surface area contributed by atoms with E-state index in [1.165, 1.54) is 0 Å². The van der Waals surface area contributed by atoms with Crippen molar-refractivity contribution in [1.82, 2.24) is 4.90 Å². The highest BCUT2D eigenvalue weighted by atomic mass is 16.6. The lowest BCUT2D eigenvalue weighted by atomic mass is 9.83. The number of rotatable bonds is 4. The molecule has 2 fully saturated rings. The van der Waals surface area contributed by atoms with Crippen LogP contribution in [0.25, 0.3) is 0 Å². The number of likely N-dealkylation sites (tertiary alicyclic amines) is 1. The minimum absolute atomic E-state index is 0.0952. The highest BCUT2D eigenvalue weighted by Crippen LogP contribution is 2.62. The number of amides is 1. The van der Waals surface area contributed by atoms with Gasteiger partial charge in [0.05, 0.1) is 5.92 Å². The Kier molecular flexibility index (Phi) is 3.81. The molecule has 3 unspecified atom stereocenters. The normalized spacial score (nSPS) is 27.7. The predicted octanol–water partition coefficient (Wildman–Crippen LogP) is 2.76. The number of hydrogen-bond acceptors (Lipinski definition) is 3. The van der Waals surface area contributed by atoms with Crippen LogP contribution in [0.2, 0.25) is 0 Å². The Balaban J connectivity index is 1.52. The second kappa shape index (κ2) is 5.63. The molecular formula is C17H21NO4. The molecule has 2 aliphatic rings. The molecule has 1 heterocycles. The number of carboxylic acid groups (broad SMARTS) is 1. The van der Waals surface area contributed by atoms with E-state index in [4.69, 9.17) is 4.74 Å². The second-order valence-electron chi connectivity index (χ2n) is 6.43. The molecule has 1 aliphatic heterocycles. The van der Waals surface area contributed by atoms with E-state index in [0.717, 1.165) is 18.4 Å². The number of fused-ring (bicyclic) bond motifs is 1. The van der Waals surface area contributed by atoms with E-state index in [0.29, 0.717) is 19.0 Å². The van der Waals surface area contributed by atoms with Gasteiger partial charge in [0.1, 0.15) is 6.61 Å². The van der Waals surface area contributed by atoms with Crippen LogP contribution in [-0.4, -0.2) is 35.2 Å². The number of carbonyl (C=O) groups excluding carboxylic acids is 1. The summed E-state index contributed by atoms with van der Waals surface area (Å²) in [5, 5.41) is 9.21. The first-order valence-corrected chi connectivity index (χ1v) is 7.71. The molecule has 0 spiro atoms. The lowest BCUT2D eigenvalue weighted by Gasteiger charge is -2.32. The number of aliphatic carboxylic acids is 1. The molecule has 5 heteroatoms. The van der Waals surface area contributed by atoms with Crippen LogP contribution in [0, 0.1) is 17.3 Å². The van der Waals surface area contributed by atoms with Crippen LogP contribution in [0.4, 0.5) is 4.79 Å². The third-order valence-corrected chi connectivity index (χ3v) is 5.26. The number of piperidine rings is 1. The highest BCUT2D eigenvalue weighted by Gasteiger charge is 2.61. The molecule has 3 rings (SSSR count). The van der Waals surface area contributed by atoms with Crippen molar-refractivity contribution in [3.63, 3.8) is 0 Å². The predicted molar refractivity (Wildman–Crippen MR) is 80.2 cm³/mol. The minimum Gasteiger partial charge on any atom is -0.481 e. The number of carbonyl (C=O) groups is 2. The molecule has 22 heavy (non-hydrogen) atoms. The van der Waals surface area contributed by atoms with Crippen molar-refractivity contribution < 1.29 is 19.4 Å². The number of nitrogens with zero attached hydrogens (tertiary/aromatic N) is 1. The molecule has 0 aromatic heterocycles. The topological polar surface area (TPSA) is 66.8 Å². The SMILES string of the molecule is CC(C(=O)O)C12CCN(C(=O)OCc3ccccc3)CC1C2. The Morgan fingerprint density at radius 1 is 1.41 bits per heavy atom. The van der Waals surface area contributed by atoms with Crippen molar-refractivity contribution >= 4 is 12.1 Å². The molecule has 1 aliphatic carbocycles. The summed E-state index contributed by atoms with van der Waals surface area (Å²) >= 11 is 0. The standard InChI is InChI=1S/C17H21NO4/c1-12(15(19)20)17-7-8-18(10-14(17)9-17)16(21)22-11-13-5-3-2-4-6-13/h2-6,12,14H,7-11H2,1H3,(H,19,20). The summed E-state index contributed by atoms with van der Waals surface area (Å²) in [5.74, 6) is -0.765. The van der Waals surface area contributed by atoms with Crippen molar-refractivity contribution in [2.45, 2.75) is 26.4 Å². The van der Waals surface area contributed by atoms with Gasteiger partial charge < -0.3 is 14.7 Å². The second-order valence-corrected chi connectivity index (χ2v) is 6.43. The Bertz CT molecular complexity index is 573. The Morgan fingerprint density at radius 2 is 2.14 bits per heavy atom. The zero-order valence-corrected chi connectivity index (χ0v) is 12.7. The molecule has 5 nitrogen and oxygen atoms in total. The van der Waals surface area contributed by atoms with Crippen LogP contribution in [0.1, 0.15) is 25.3 Å². The average Bonchev–Trinajstić information content (AvgIpc) is 3.27. The Hall–Kier alpha value is -2.04. The molecule has 1 saturated heterocycles. The van der Waals surface area contributed by atoms with Crippen molar-refractivity contribution in [1.29, 1.82) is 0 Å². The first kappa shape index (κ1) is 14.9. The molecule has 1 N–H and O–H groups in total. The van der Waals surface area contributed by atoms with Crippen molar-refractivity contribution in [3.05, 3.63) is 35.9 Å². The van der Waals surface area contributed by atoms with Crippen LogP contribution in [0.5, 0.6) is 0 Å². The molecule has 1 aromatic carbocycles. The molecule has 118 valence electrons. The fraction of sp³-hybridized carbons (Fsp3) is 0.529. The molecule has 1 amide bonds. The zero-order chi connectivity index (χ0) is 15.7. The monoisotopic (exact) mass is 303 g/mol. The van der Waals surface area contributed by atoms with Crippen LogP contribution >= 0.6 is 0 Å². The van der Waals surface area contributed by atoms with Crippen LogP contribution < -0.4 is 0 Å². The van der Waals surface area contributed by atoms with Crippen LogP contribution in [-0.2, 0) is 16.1 Å². The average molecular weight is 303 g/mol. The van der Waals surface area contributed by atoms with E-state index in [1.807, 2.05) is 30.3 Å². The van der Waals surface area contributed by atoms with E-state index in [1.54, 1.807) is 11.8 Å². The van der Waals surface area contributed by atoms with Gasteiger partial charge in [-0.15, -0.1) is 0 Å². The van der Waals surface area contributed by atoms with Gasteiger partial charge in [-0.05, 0) is 29.7 Å². The summed E-state index contributed by atoms with van der Waals surface area (Å²) in [6.45, 7) is 3.26. The molecule has 1 aromatic rings. The summed E-state index contributed by atoms with van der Waals surface area (Å²) in [7, 11) is 0. The van der Waals surface area contributed by atoms with Crippen molar-refractivity contribution in [2.75, 3.05) is 13.1 Å². The van der Waals surface area contributed by atoms with Crippen molar-refractivity contribution in [2.24, 2.45) is 17.3 Å². The fourth-order valence-corrected chi connectivity index (χ4v) is 3.62. The highest BCUT2D eigenvalue weighted by molar-refractivity contribution is 5.72. The van der Waals surface area contributed by atoms with Gasteiger partial charge in [0.2, 0.25) is 0 Å². The molecule has 1 saturated carbocycles. The number of benzene rings is 1. The maximum Gasteiger partial charge on any atom is 0.410 e. The first-order chi connectivity index (χ1) is 10.5. The Labute approximate surface area is 129 Å². The van der Waals surface area contributed by atoms with E-state index < -0.39 is 5.97 Å². The van der Waals surface area contributed by atoms with Gasteiger partial charge in [-0.2, -0.15) is 0 Å². The van der Waals surface area contributed by atoms with E-state index in [9.17, 15) is 14.7 Å². The maximum absolute atomic E-state index is 12.1. The maximum atomic E-state index is 12.1. The Morgan fingerprint density at radius 3 is 2.77 bits per heavy atom. The van der Waals surface area contributed by atoms with Crippen molar-refractivity contribution in [3.8, 4) is 0 Å². The summed E-state index contributed by atoms with van der Waals surface area (Å²) in [4.78, 5) is 25.0. The van der Waals surface area contributed by atoms with Gasteiger partial charge in [-0.3, -0.25) is 4.79 Å². The smallest absolute Gasteiger partial charge is 0.410 e. The largest absolute Gasteiger partial charge is 0.481 e. The van der Waals surface area contributed by atoms with E-state index in [-0.39, 0.29) is 24.0 Å². The molecule has 3 atom stereocenters. The fourth-order valence-electron chi connectivity index (χ4n) is 3.62. The van der Waals surface area contributed by atoms with E-state index >= 15 is 0 Å². The zero-order valence-electron chi connectivity index (χ0n) is 12.7. The molecule has 0 bridgehead atoms. The quantitative estimate of drug-likeness (QED) is 0.928. The first-order valence-electron chi connectivity index (χ1n) is 7.71. The van der Waals surface area contributed by atoms with Gasteiger partial charge in [-0.1, -0.05) is 37.3 Å². The van der Waals surface area contributed by atoms with Crippen LogP contribution in [0.15, 0.2) is 30.3 Å². The third kappa shape index (κ3) is 2.67.